The van der Waals surface area contributed by atoms with Gasteiger partial charge in [-0.1, -0.05) is 6.07 Å². The first-order valence-corrected chi connectivity index (χ1v) is 6.95. The molecule has 1 aromatic rings. The van der Waals surface area contributed by atoms with E-state index in [1.807, 2.05) is 0 Å². The van der Waals surface area contributed by atoms with E-state index in [0.29, 0.717) is 12.8 Å². The third-order valence-corrected chi connectivity index (χ3v) is 6.20. The van der Waals surface area contributed by atoms with Crippen molar-refractivity contribution in [1.29, 1.82) is 0 Å². The molecule has 3 nitrogen and oxygen atoms in total. The molecule has 1 N–H and O–H groups in total. The van der Waals surface area contributed by atoms with Crippen LogP contribution in [0.15, 0.2) is 23.1 Å². The fourth-order valence-corrected chi connectivity index (χ4v) is 4.41. The maximum atomic E-state index is 12.8. The summed E-state index contributed by atoms with van der Waals surface area (Å²) in [6, 6.07) is 3.28. The number of alkyl halides is 3. The van der Waals surface area contributed by atoms with Gasteiger partial charge in [0.2, 0.25) is 0 Å². The van der Waals surface area contributed by atoms with Crippen LogP contribution >= 0.6 is 0 Å². The van der Waals surface area contributed by atoms with Crippen LogP contribution in [0.1, 0.15) is 18.4 Å². The molecule has 3 rings (SSSR count). The molecule has 1 aliphatic carbocycles. The Bertz CT molecular complexity index is 618. The van der Waals surface area contributed by atoms with E-state index in [4.69, 9.17) is 0 Å². The number of para-hydroxylation sites is 1. The molecule has 1 aromatic carbocycles. The Morgan fingerprint density at radius 1 is 1.22 bits per heavy atom. The third kappa shape index (κ3) is 1.39. The molecule has 1 heterocycles. The van der Waals surface area contributed by atoms with Crippen LogP contribution in [0.2, 0.25) is 0 Å². The number of fused-ring (bicyclic) bond motifs is 1. The van der Waals surface area contributed by atoms with E-state index < -0.39 is 26.3 Å². The number of hydrogen-bond acceptors (Lipinski definition) is 3. The van der Waals surface area contributed by atoms with Gasteiger partial charge in [0.15, 0.2) is 9.84 Å². The van der Waals surface area contributed by atoms with Crippen LogP contribution in [-0.2, 0) is 16.0 Å². The normalized spacial score (nSPS) is 23.3. The van der Waals surface area contributed by atoms with Gasteiger partial charge in [0.25, 0.3) is 0 Å². The monoisotopic (exact) mass is 277 g/mol. The smallest absolute Gasteiger partial charge is 0.382 e. The predicted molar refractivity (Wildman–Crippen MR) is 59.1 cm³/mol. The molecule has 2 aliphatic rings. The molecule has 98 valence electrons. The lowest BCUT2D eigenvalue weighted by Crippen LogP contribution is -2.37. The first-order chi connectivity index (χ1) is 8.28. The lowest BCUT2D eigenvalue weighted by molar-refractivity contribution is -0.137. The van der Waals surface area contributed by atoms with E-state index >= 15 is 0 Å². The summed E-state index contributed by atoms with van der Waals surface area (Å²) in [4.78, 5) is -0.221. The fourth-order valence-electron chi connectivity index (χ4n) is 2.34. The summed E-state index contributed by atoms with van der Waals surface area (Å²) in [6.07, 6.45) is -3.53. The van der Waals surface area contributed by atoms with Gasteiger partial charge < -0.3 is 5.32 Å². The van der Waals surface area contributed by atoms with Crippen LogP contribution in [0, 0.1) is 0 Å². The highest BCUT2D eigenvalue weighted by atomic mass is 32.2. The number of hydrogen-bond donors (Lipinski definition) is 1. The molecule has 1 fully saturated rings. The van der Waals surface area contributed by atoms with Crippen LogP contribution in [0.4, 0.5) is 18.9 Å². The van der Waals surface area contributed by atoms with Crippen molar-refractivity contribution >= 4 is 15.5 Å². The van der Waals surface area contributed by atoms with Gasteiger partial charge >= 0.3 is 6.18 Å². The van der Waals surface area contributed by atoms with Crippen molar-refractivity contribution in [2.75, 3.05) is 11.9 Å². The quantitative estimate of drug-likeness (QED) is 0.792. The van der Waals surface area contributed by atoms with Crippen molar-refractivity contribution in [3.63, 3.8) is 0 Å². The van der Waals surface area contributed by atoms with E-state index in [0.717, 1.165) is 12.1 Å². The molecule has 18 heavy (non-hydrogen) atoms. The first-order valence-electron chi connectivity index (χ1n) is 5.47. The van der Waals surface area contributed by atoms with Crippen LogP contribution < -0.4 is 5.32 Å². The topological polar surface area (TPSA) is 46.2 Å². The molecular weight excluding hydrogens is 267 g/mol. The number of sulfone groups is 1. The summed E-state index contributed by atoms with van der Waals surface area (Å²) in [5, 5.41) is 2.65. The Morgan fingerprint density at radius 2 is 1.89 bits per heavy atom. The highest BCUT2D eigenvalue weighted by Crippen LogP contribution is 2.52. The van der Waals surface area contributed by atoms with Gasteiger partial charge in [-0.25, -0.2) is 8.42 Å². The average Bonchev–Trinajstić information content (AvgIpc) is 3.04. The van der Waals surface area contributed by atoms with Gasteiger partial charge in [0.05, 0.1) is 20.9 Å². The summed E-state index contributed by atoms with van der Waals surface area (Å²) in [5.41, 5.74) is -1.22. The zero-order valence-electron chi connectivity index (χ0n) is 9.21. The number of benzene rings is 1. The minimum Gasteiger partial charge on any atom is -0.382 e. The highest BCUT2D eigenvalue weighted by molar-refractivity contribution is 7.93. The summed E-state index contributed by atoms with van der Waals surface area (Å²) in [7, 11) is -3.65. The van der Waals surface area contributed by atoms with Crippen molar-refractivity contribution in [3.05, 3.63) is 23.8 Å². The van der Waals surface area contributed by atoms with Crippen LogP contribution in [0.25, 0.3) is 0 Å². The van der Waals surface area contributed by atoms with Crippen molar-refractivity contribution in [2.45, 2.75) is 28.7 Å². The molecule has 1 aliphatic heterocycles. The van der Waals surface area contributed by atoms with E-state index in [1.165, 1.54) is 6.07 Å². The van der Waals surface area contributed by atoms with Crippen molar-refractivity contribution in [3.8, 4) is 0 Å². The Kier molecular flexibility index (Phi) is 2.10. The number of rotatable bonds is 0. The minimum atomic E-state index is -4.55. The summed E-state index contributed by atoms with van der Waals surface area (Å²) in [5.74, 6) is 0. The van der Waals surface area contributed by atoms with E-state index in [1.54, 1.807) is 0 Å². The van der Waals surface area contributed by atoms with Gasteiger partial charge in [0.1, 0.15) is 0 Å². The van der Waals surface area contributed by atoms with Crippen LogP contribution in [-0.4, -0.2) is 19.7 Å². The Hall–Kier alpha value is -1.24. The average molecular weight is 277 g/mol. The van der Waals surface area contributed by atoms with Crippen molar-refractivity contribution in [2.24, 2.45) is 0 Å². The van der Waals surface area contributed by atoms with E-state index in [-0.39, 0.29) is 17.1 Å². The number of anilines is 1. The minimum absolute atomic E-state index is 0.0649. The second kappa shape index (κ2) is 3.20. The molecule has 0 aromatic heterocycles. The molecule has 0 bridgehead atoms. The summed E-state index contributed by atoms with van der Waals surface area (Å²) >= 11 is 0. The van der Waals surface area contributed by atoms with Gasteiger partial charge in [-0.05, 0) is 25.0 Å². The maximum absolute atomic E-state index is 12.8. The summed E-state index contributed by atoms with van der Waals surface area (Å²) in [6.45, 7) is 0.0649. The van der Waals surface area contributed by atoms with Gasteiger partial charge in [-0.15, -0.1) is 0 Å². The van der Waals surface area contributed by atoms with Crippen LogP contribution in [0.5, 0.6) is 0 Å². The predicted octanol–water partition coefficient (Wildman–Crippen LogP) is 2.44. The SMILES string of the molecule is O=S1(=O)c2cccc(C(F)(F)F)c2NCC12CC2. The molecule has 1 spiro atoms. The largest absolute Gasteiger partial charge is 0.418 e. The van der Waals surface area contributed by atoms with Crippen molar-refractivity contribution in [1.82, 2.24) is 0 Å². The van der Waals surface area contributed by atoms with E-state index in [2.05, 4.69) is 5.32 Å². The lowest BCUT2D eigenvalue weighted by atomic mass is 10.1. The molecular formula is C11H10F3NO2S. The zero-order chi connectivity index (χ0) is 13.2. The van der Waals surface area contributed by atoms with Crippen LogP contribution in [0.3, 0.4) is 0 Å². The Morgan fingerprint density at radius 3 is 2.44 bits per heavy atom. The first kappa shape index (κ1) is 11.8. The maximum Gasteiger partial charge on any atom is 0.418 e. The molecule has 7 heteroatoms. The summed E-state index contributed by atoms with van der Waals surface area (Å²) < 4.78 is 62.1. The lowest BCUT2D eigenvalue weighted by Gasteiger charge is -2.28. The Balaban J connectivity index is 2.24. The third-order valence-electron chi connectivity index (χ3n) is 3.59. The van der Waals surface area contributed by atoms with Gasteiger partial charge in [0, 0.05) is 6.54 Å². The van der Waals surface area contributed by atoms with Gasteiger partial charge in [-0.3, -0.25) is 0 Å². The second-order valence-electron chi connectivity index (χ2n) is 4.72. The second-order valence-corrected chi connectivity index (χ2v) is 7.03. The number of nitrogens with one attached hydrogen (secondary N) is 1. The standard InChI is InChI=1S/C11H10F3NO2S/c12-11(13,14)7-2-1-3-8-9(7)15-6-10(4-5-10)18(8,16)17/h1-3,15H,4-6H2. The number of halogens is 3. The molecule has 0 atom stereocenters. The molecule has 0 amide bonds. The van der Waals surface area contributed by atoms with Gasteiger partial charge in [-0.2, -0.15) is 13.2 Å². The van der Waals surface area contributed by atoms with Crippen molar-refractivity contribution < 1.29 is 21.6 Å². The molecule has 1 saturated carbocycles. The molecule has 0 unspecified atom stereocenters. The zero-order valence-corrected chi connectivity index (χ0v) is 10.0. The molecule has 0 saturated heterocycles. The highest BCUT2D eigenvalue weighted by Gasteiger charge is 2.58. The fraction of sp³-hybridized carbons (Fsp3) is 0.455. The Labute approximate surface area is 102 Å². The molecule has 0 radical (unpaired) electrons. The van der Waals surface area contributed by atoms with E-state index in [9.17, 15) is 21.6 Å².